The molecule has 0 aromatic heterocycles. The molecule has 3 rings (SSSR count). The highest BCUT2D eigenvalue weighted by Gasteiger charge is 2.30. The minimum atomic E-state index is -0.00397. The fraction of sp³-hybridized carbons (Fsp3) is 0.905. The molecule has 0 aromatic rings. The van der Waals surface area contributed by atoms with E-state index in [9.17, 15) is 4.79 Å². The maximum absolute atomic E-state index is 12.7. The molecular formula is C21H40N6O. The number of rotatable bonds is 6. The highest BCUT2D eigenvalue weighted by molar-refractivity contribution is 5.82. The van der Waals surface area contributed by atoms with Crippen molar-refractivity contribution in [2.45, 2.75) is 45.6 Å². The standard InChI is InChI=1S/C21H40N6O/c1-18(17-24-8-4-5-9-24)16-23-21(22-3)27-14-12-25(13-15-27)19(2)20(28)26-10-6-7-11-26/h18-19H,4-17H2,1-3H3,(H,22,23). The molecule has 28 heavy (non-hydrogen) atoms. The van der Waals surface area contributed by atoms with Crippen LogP contribution in [0.25, 0.3) is 0 Å². The van der Waals surface area contributed by atoms with E-state index in [0.717, 1.165) is 64.6 Å². The number of piperazine rings is 1. The lowest BCUT2D eigenvalue weighted by Gasteiger charge is -2.39. The van der Waals surface area contributed by atoms with Gasteiger partial charge in [0, 0.05) is 59.4 Å². The van der Waals surface area contributed by atoms with Crippen molar-refractivity contribution >= 4 is 11.9 Å². The van der Waals surface area contributed by atoms with Gasteiger partial charge >= 0.3 is 0 Å². The van der Waals surface area contributed by atoms with E-state index >= 15 is 0 Å². The number of nitrogens with one attached hydrogen (secondary N) is 1. The average Bonchev–Trinajstić information content (AvgIpc) is 3.42. The van der Waals surface area contributed by atoms with Crippen LogP contribution in [-0.2, 0) is 4.79 Å². The third kappa shape index (κ3) is 5.60. The monoisotopic (exact) mass is 392 g/mol. The zero-order valence-electron chi connectivity index (χ0n) is 18.2. The number of hydrogen-bond acceptors (Lipinski definition) is 4. The summed E-state index contributed by atoms with van der Waals surface area (Å²) in [6.45, 7) is 14.6. The Morgan fingerprint density at radius 1 is 0.893 bits per heavy atom. The molecule has 0 aliphatic carbocycles. The molecule has 2 unspecified atom stereocenters. The SMILES string of the molecule is CN=C(NCC(C)CN1CCCC1)N1CCN(C(C)C(=O)N2CCCC2)CC1. The normalized spacial score (nSPS) is 24.6. The van der Waals surface area contributed by atoms with Gasteiger partial charge in [-0.1, -0.05) is 6.92 Å². The first kappa shape index (κ1) is 21.4. The molecule has 3 aliphatic heterocycles. The van der Waals surface area contributed by atoms with Crippen LogP contribution in [-0.4, -0.2) is 110 Å². The lowest BCUT2D eigenvalue weighted by Crippen LogP contribution is -2.57. The van der Waals surface area contributed by atoms with Crippen LogP contribution in [0.1, 0.15) is 39.5 Å². The number of carbonyl (C=O) groups is 1. The van der Waals surface area contributed by atoms with E-state index in [1.54, 1.807) is 0 Å². The molecule has 0 saturated carbocycles. The van der Waals surface area contributed by atoms with Gasteiger partial charge in [0.2, 0.25) is 5.91 Å². The molecule has 0 aromatic carbocycles. The molecule has 0 radical (unpaired) electrons. The first-order valence-corrected chi connectivity index (χ1v) is 11.3. The molecule has 1 amide bonds. The van der Waals surface area contributed by atoms with Crippen LogP contribution >= 0.6 is 0 Å². The van der Waals surface area contributed by atoms with Crippen LogP contribution in [0.3, 0.4) is 0 Å². The van der Waals surface area contributed by atoms with Crippen LogP contribution in [0, 0.1) is 5.92 Å². The van der Waals surface area contributed by atoms with Crippen LogP contribution in [0.5, 0.6) is 0 Å². The quantitative estimate of drug-likeness (QED) is 0.538. The third-order valence-electron chi connectivity index (χ3n) is 6.53. The van der Waals surface area contributed by atoms with E-state index in [2.05, 4.69) is 38.9 Å². The fourth-order valence-electron chi connectivity index (χ4n) is 4.75. The third-order valence-corrected chi connectivity index (χ3v) is 6.53. The second-order valence-electron chi connectivity index (χ2n) is 8.77. The zero-order chi connectivity index (χ0) is 19.9. The maximum atomic E-state index is 12.7. The van der Waals surface area contributed by atoms with Gasteiger partial charge in [0.15, 0.2) is 5.96 Å². The van der Waals surface area contributed by atoms with Gasteiger partial charge in [-0.3, -0.25) is 14.7 Å². The zero-order valence-corrected chi connectivity index (χ0v) is 18.2. The summed E-state index contributed by atoms with van der Waals surface area (Å²) in [5, 5.41) is 3.58. The maximum Gasteiger partial charge on any atom is 0.239 e. The van der Waals surface area contributed by atoms with Gasteiger partial charge in [-0.2, -0.15) is 0 Å². The van der Waals surface area contributed by atoms with Crippen molar-refractivity contribution in [3.8, 4) is 0 Å². The lowest BCUT2D eigenvalue weighted by molar-refractivity contribution is -0.135. The second kappa shape index (κ2) is 10.4. The van der Waals surface area contributed by atoms with Crippen molar-refractivity contribution in [1.82, 2.24) is 24.9 Å². The topological polar surface area (TPSA) is 54.4 Å². The Hall–Kier alpha value is -1.34. The molecule has 3 saturated heterocycles. The van der Waals surface area contributed by atoms with Crippen LogP contribution < -0.4 is 5.32 Å². The van der Waals surface area contributed by atoms with Crippen molar-refractivity contribution in [1.29, 1.82) is 0 Å². The predicted octanol–water partition coefficient (Wildman–Crippen LogP) is 0.922. The number of nitrogens with zero attached hydrogens (tertiary/aromatic N) is 5. The summed E-state index contributed by atoms with van der Waals surface area (Å²) in [5.41, 5.74) is 0. The smallest absolute Gasteiger partial charge is 0.239 e. The Kier molecular flexibility index (Phi) is 7.97. The molecular weight excluding hydrogens is 352 g/mol. The highest BCUT2D eigenvalue weighted by Crippen LogP contribution is 2.14. The lowest BCUT2D eigenvalue weighted by atomic mass is 10.1. The van der Waals surface area contributed by atoms with Crippen molar-refractivity contribution in [2.75, 3.05) is 72.5 Å². The van der Waals surface area contributed by atoms with Crippen molar-refractivity contribution < 1.29 is 4.79 Å². The Bertz CT molecular complexity index is 519. The minimum Gasteiger partial charge on any atom is -0.356 e. The largest absolute Gasteiger partial charge is 0.356 e. The number of guanidine groups is 1. The van der Waals surface area contributed by atoms with E-state index < -0.39 is 0 Å². The Balaban J connectivity index is 1.40. The molecule has 3 fully saturated rings. The van der Waals surface area contributed by atoms with E-state index in [1.807, 2.05) is 11.9 Å². The van der Waals surface area contributed by atoms with E-state index in [1.165, 1.54) is 32.5 Å². The molecule has 7 nitrogen and oxygen atoms in total. The summed E-state index contributed by atoms with van der Waals surface area (Å²) in [7, 11) is 1.87. The number of hydrogen-bond donors (Lipinski definition) is 1. The van der Waals surface area contributed by atoms with Crippen molar-refractivity contribution in [2.24, 2.45) is 10.9 Å². The van der Waals surface area contributed by atoms with Gasteiger partial charge in [0.1, 0.15) is 0 Å². The second-order valence-corrected chi connectivity index (χ2v) is 8.77. The van der Waals surface area contributed by atoms with Crippen LogP contribution in [0.15, 0.2) is 4.99 Å². The molecule has 1 N–H and O–H groups in total. The fourth-order valence-corrected chi connectivity index (χ4v) is 4.75. The Labute approximate surface area is 171 Å². The number of amides is 1. The van der Waals surface area contributed by atoms with Gasteiger partial charge in [-0.15, -0.1) is 0 Å². The van der Waals surface area contributed by atoms with Crippen LogP contribution in [0.4, 0.5) is 0 Å². The molecule has 7 heteroatoms. The molecule has 160 valence electrons. The van der Waals surface area contributed by atoms with Crippen molar-refractivity contribution in [3.63, 3.8) is 0 Å². The number of likely N-dealkylation sites (tertiary alicyclic amines) is 2. The van der Waals surface area contributed by atoms with Gasteiger partial charge in [0.05, 0.1) is 6.04 Å². The van der Waals surface area contributed by atoms with Gasteiger partial charge in [0.25, 0.3) is 0 Å². The minimum absolute atomic E-state index is 0.00397. The summed E-state index contributed by atoms with van der Waals surface area (Å²) in [6.07, 6.45) is 5.02. The van der Waals surface area contributed by atoms with E-state index in [-0.39, 0.29) is 6.04 Å². The highest BCUT2D eigenvalue weighted by atomic mass is 16.2. The van der Waals surface area contributed by atoms with Gasteiger partial charge in [-0.25, -0.2) is 0 Å². The summed E-state index contributed by atoms with van der Waals surface area (Å²) in [4.78, 5) is 26.5. The van der Waals surface area contributed by atoms with E-state index in [0.29, 0.717) is 11.8 Å². The van der Waals surface area contributed by atoms with Gasteiger partial charge < -0.3 is 20.0 Å². The molecule has 3 heterocycles. The molecule has 0 spiro atoms. The summed E-state index contributed by atoms with van der Waals surface area (Å²) < 4.78 is 0. The number of carbonyl (C=O) groups excluding carboxylic acids is 1. The van der Waals surface area contributed by atoms with Gasteiger partial charge in [-0.05, 0) is 51.6 Å². The summed E-state index contributed by atoms with van der Waals surface area (Å²) in [5.74, 6) is 1.94. The van der Waals surface area contributed by atoms with Crippen molar-refractivity contribution in [3.05, 3.63) is 0 Å². The Morgan fingerprint density at radius 3 is 2.11 bits per heavy atom. The summed E-state index contributed by atoms with van der Waals surface area (Å²) in [6, 6.07) is -0.00397. The first-order valence-electron chi connectivity index (χ1n) is 11.3. The molecule has 0 bridgehead atoms. The predicted molar refractivity (Wildman–Crippen MR) is 115 cm³/mol. The average molecular weight is 393 g/mol. The summed E-state index contributed by atoms with van der Waals surface area (Å²) >= 11 is 0. The van der Waals surface area contributed by atoms with Crippen LogP contribution in [0.2, 0.25) is 0 Å². The Morgan fingerprint density at radius 2 is 1.50 bits per heavy atom. The molecule has 3 aliphatic rings. The molecule has 2 atom stereocenters. The number of aliphatic imine (C=N–C) groups is 1. The first-order chi connectivity index (χ1) is 13.6. The van der Waals surface area contributed by atoms with E-state index in [4.69, 9.17) is 0 Å².